The van der Waals surface area contributed by atoms with Crippen molar-refractivity contribution in [1.29, 1.82) is 0 Å². The van der Waals surface area contributed by atoms with Gasteiger partial charge in [-0.3, -0.25) is 13.9 Å². The van der Waals surface area contributed by atoms with E-state index >= 15 is 0 Å². The van der Waals surface area contributed by atoms with Crippen LogP contribution in [-0.4, -0.2) is 43.8 Å². The first-order valence-electron chi connectivity index (χ1n) is 14.8. The van der Waals surface area contributed by atoms with E-state index < -0.39 is 51.0 Å². The molecule has 3 aromatic rings. The quantitative estimate of drug-likeness (QED) is 0.252. The molecule has 1 atom stereocenters. The highest BCUT2D eigenvalue weighted by Crippen LogP contribution is 2.38. The summed E-state index contributed by atoms with van der Waals surface area (Å²) in [4.78, 5) is 28.6. The van der Waals surface area contributed by atoms with Crippen LogP contribution in [0.3, 0.4) is 0 Å². The molecule has 4 rings (SSSR count). The van der Waals surface area contributed by atoms with Crippen molar-refractivity contribution in [3.63, 3.8) is 0 Å². The minimum absolute atomic E-state index is 0.0212. The fraction of sp³-hybridized carbons (Fsp3) is 0.394. The highest BCUT2D eigenvalue weighted by Gasteiger charge is 2.37. The Kier molecular flexibility index (Phi) is 10.9. The molecule has 1 saturated carbocycles. The molecule has 0 saturated heterocycles. The van der Waals surface area contributed by atoms with Gasteiger partial charge in [-0.05, 0) is 69.5 Å². The largest absolute Gasteiger partial charge is 0.417 e. The van der Waals surface area contributed by atoms with Crippen molar-refractivity contribution in [3.05, 3.63) is 94.0 Å². The number of benzene rings is 3. The van der Waals surface area contributed by atoms with Crippen molar-refractivity contribution >= 4 is 39.1 Å². The molecule has 0 aromatic heterocycles. The maximum absolute atomic E-state index is 14.1. The molecule has 0 radical (unpaired) electrons. The fourth-order valence-electron chi connectivity index (χ4n) is 5.41. The number of hydrogen-bond acceptors (Lipinski definition) is 4. The zero-order valence-electron chi connectivity index (χ0n) is 25.4. The molecule has 2 amide bonds. The van der Waals surface area contributed by atoms with Gasteiger partial charge in [0.2, 0.25) is 11.8 Å². The van der Waals surface area contributed by atoms with Crippen molar-refractivity contribution in [1.82, 2.24) is 10.2 Å². The van der Waals surface area contributed by atoms with Crippen LogP contribution in [0.2, 0.25) is 5.02 Å². The normalized spacial score (nSPS) is 14.9. The predicted octanol–water partition coefficient (Wildman–Crippen LogP) is 7.04. The van der Waals surface area contributed by atoms with Gasteiger partial charge in [-0.25, -0.2) is 8.42 Å². The molecule has 242 valence electrons. The summed E-state index contributed by atoms with van der Waals surface area (Å²) in [6, 6.07) is 14.7. The first-order chi connectivity index (χ1) is 21.2. The average molecular weight is 664 g/mol. The molecule has 3 aromatic carbocycles. The molecule has 12 heteroatoms. The summed E-state index contributed by atoms with van der Waals surface area (Å²) in [6.07, 6.45) is -0.169. The molecule has 1 aliphatic rings. The second-order valence-corrected chi connectivity index (χ2v) is 13.8. The van der Waals surface area contributed by atoms with Crippen LogP contribution in [0.4, 0.5) is 18.9 Å². The molecule has 0 heterocycles. The van der Waals surface area contributed by atoms with E-state index in [1.54, 1.807) is 38.1 Å². The van der Waals surface area contributed by atoms with Gasteiger partial charge in [-0.1, -0.05) is 78.4 Å². The van der Waals surface area contributed by atoms with Crippen LogP contribution in [-0.2, 0) is 32.3 Å². The van der Waals surface area contributed by atoms with E-state index in [1.165, 1.54) is 17.0 Å². The number of rotatable bonds is 10. The van der Waals surface area contributed by atoms with Crippen molar-refractivity contribution < 1.29 is 31.2 Å². The zero-order chi connectivity index (χ0) is 32.9. The number of aryl methyl sites for hydroxylation is 2. The molecule has 0 spiro atoms. The Labute approximate surface area is 267 Å². The highest BCUT2D eigenvalue weighted by molar-refractivity contribution is 7.92. The summed E-state index contributed by atoms with van der Waals surface area (Å²) in [5.41, 5.74) is 0.762. The zero-order valence-corrected chi connectivity index (χ0v) is 27.0. The standard InChI is InChI=1S/C33H37ClF3N3O4S/c1-22-12-15-28(16-13-22)45(43,44)40(27-14-17-30(34)29(19-27)33(35,36)37)21-31(41)39(20-25-9-7-8-23(2)18-25)24(3)32(42)38-26-10-5-4-6-11-26/h7-9,12-19,24,26H,4-6,10-11,20-21H2,1-3H3,(H,38,42)/t24-/m0/s1. The van der Waals surface area contributed by atoms with Crippen molar-refractivity contribution in [2.24, 2.45) is 0 Å². The first-order valence-corrected chi connectivity index (χ1v) is 16.6. The molecule has 1 aliphatic carbocycles. The second kappa shape index (κ2) is 14.2. The Hall–Kier alpha value is -3.57. The van der Waals surface area contributed by atoms with Gasteiger partial charge in [0.25, 0.3) is 10.0 Å². The summed E-state index contributed by atoms with van der Waals surface area (Å²) in [7, 11) is -4.55. The van der Waals surface area contributed by atoms with Crippen LogP contribution in [0, 0.1) is 13.8 Å². The monoisotopic (exact) mass is 663 g/mol. The van der Waals surface area contributed by atoms with Gasteiger partial charge in [-0.2, -0.15) is 13.2 Å². The van der Waals surface area contributed by atoms with Crippen LogP contribution < -0.4 is 9.62 Å². The Morgan fingerprint density at radius 2 is 1.62 bits per heavy atom. The predicted molar refractivity (Wildman–Crippen MR) is 168 cm³/mol. The molecule has 0 aliphatic heterocycles. The van der Waals surface area contributed by atoms with E-state index in [9.17, 15) is 31.2 Å². The van der Waals surface area contributed by atoms with E-state index in [2.05, 4.69) is 5.32 Å². The van der Waals surface area contributed by atoms with Gasteiger partial charge < -0.3 is 10.2 Å². The summed E-state index contributed by atoms with van der Waals surface area (Å²) >= 11 is 5.84. The van der Waals surface area contributed by atoms with Crippen molar-refractivity contribution in [2.45, 2.75) is 82.6 Å². The lowest BCUT2D eigenvalue weighted by molar-refractivity contribution is -0.139. The summed E-state index contributed by atoms with van der Waals surface area (Å²) in [5, 5.41) is 2.41. The van der Waals surface area contributed by atoms with Gasteiger partial charge >= 0.3 is 6.18 Å². The molecule has 1 fully saturated rings. The Morgan fingerprint density at radius 1 is 0.956 bits per heavy atom. The number of nitrogens with zero attached hydrogens (tertiary/aromatic N) is 2. The summed E-state index contributed by atoms with van der Waals surface area (Å²) in [6.45, 7) is 4.32. The number of nitrogens with one attached hydrogen (secondary N) is 1. The van der Waals surface area contributed by atoms with E-state index in [4.69, 9.17) is 11.6 Å². The number of alkyl halides is 3. The van der Waals surface area contributed by atoms with E-state index in [0.29, 0.717) is 15.9 Å². The average Bonchev–Trinajstić information content (AvgIpc) is 2.98. The van der Waals surface area contributed by atoms with Gasteiger partial charge in [0.05, 0.1) is 21.2 Å². The smallest absolute Gasteiger partial charge is 0.352 e. The fourth-order valence-corrected chi connectivity index (χ4v) is 7.04. The third-order valence-corrected chi connectivity index (χ3v) is 10.1. The highest BCUT2D eigenvalue weighted by atomic mass is 35.5. The van der Waals surface area contributed by atoms with Crippen molar-refractivity contribution in [3.8, 4) is 0 Å². The number of carbonyl (C=O) groups is 2. The van der Waals surface area contributed by atoms with Crippen LogP contribution in [0.25, 0.3) is 0 Å². The lowest BCUT2D eigenvalue weighted by Crippen LogP contribution is -2.53. The molecule has 7 nitrogen and oxygen atoms in total. The lowest BCUT2D eigenvalue weighted by atomic mass is 9.95. The number of halogens is 4. The van der Waals surface area contributed by atoms with E-state index in [1.807, 2.05) is 19.1 Å². The Balaban J connectivity index is 1.75. The molecule has 0 bridgehead atoms. The maximum atomic E-state index is 14.1. The van der Waals surface area contributed by atoms with Gasteiger partial charge in [0.15, 0.2) is 0 Å². The maximum Gasteiger partial charge on any atom is 0.417 e. The third kappa shape index (κ3) is 8.58. The van der Waals surface area contributed by atoms with Gasteiger partial charge in [0, 0.05) is 12.6 Å². The first kappa shape index (κ1) is 34.3. The van der Waals surface area contributed by atoms with Gasteiger partial charge in [-0.15, -0.1) is 0 Å². The number of sulfonamides is 1. The number of amides is 2. The summed E-state index contributed by atoms with van der Waals surface area (Å²) < 4.78 is 70.1. The molecule has 0 unspecified atom stereocenters. The topological polar surface area (TPSA) is 86.8 Å². The Morgan fingerprint density at radius 3 is 2.24 bits per heavy atom. The number of hydrogen-bond donors (Lipinski definition) is 1. The van der Waals surface area contributed by atoms with E-state index in [0.717, 1.165) is 55.4 Å². The van der Waals surface area contributed by atoms with Crippen LogP contribution in [0.1, 0.15) is 61.3 Å². The Bertz CT molecular complexity index is 1620. The van der Waals surface area contributed by atoms with Crippen molar-refractivity contribution in [2.75, 3.05) is 10.8 Å². The molecular formula is C33H37ClF3N3O4S. The SMILES string of the molecule is Cc1ccc(S(=O)(=O)N(CC(=O)N(Cc2cccc(C)c2)[C@@H](C)C(=O)NC2CCCCC2)c2ccc(Cl)c(C(F)(F)F)c2)cc1. The number of carbonyl (C=O) groups excluding carboxylic acids is 2. The lowest BCUT2D eigenvalue weighted by Gasteiger charge is -2.33. The molecular weight excluding hydrogens is 627 g/mol. The molecule has 1 N–H and O–H groups in total. The van der Waals surface area contributed by atoms with Crippen LogP contribution >= 0.6 is 11.6 Å². The number of anilines is 1. The van der Waals surface area contributed by atoms with Crippen LogP contribution in [0.15, 0.2) is 71.6 Å². The molecule has 45 heavy (non-hydrogen) atoms. The third-order valence-electron chi connectivity index (χ3n) is 7.99. The van der Waals surface area contributed by atoms with E-state index in [-0.39, 0.29) is 23.4 Å². The summed E-state index contributed by atoms with van der Waals surface area (Å²) in [5.74, 6) is -1.15. The van der Waals surface area contributed by atoms with Gasteiger partial charge in [0.1, 0.15) is 12.6 Å². The van der Waals surface area contributed by atoms with Crippen LogP contribution in [0.5, 0.6) is 0 Å². The minimum Gasteiger partial charge on any atom is -0.352 e. The second-order valence-electron chi connectivity index (χ2n) is 11.5. The minimum atomic E-state index is -4.88.